The molecule has 2 rings (SSSR count). The maximum atomic E-state index is 5.99. The Labute approximate surface area is 115 Å². The molecule has 6 heteroatoms. The van der Waals surface area contributed by atoms with E-state index in [0.29, 0.717) is 11.6 Å². The molecule has 4 nitrogen and oxygen atoms in total. The molecule has 0 unspecified atom stereocenters. The Morgan fingerprint density at radius 2 is 2.17 bits per heavy atom. The number of ether oxygens (including phenoxy) is 1. The van der Waals surface area contributed by atoms with Crippen LogP contribution in [0.5, 0.6) is 5.75 Å². The van der Waals surface area contributed by atoms with Crippen molar-refractivity contribution >= 4 is 28.1 Å². The average molecular weight is 284 g/mol. The summed E-state index contributed by atoms with van der Waals surface area (Å²) in [6.45, 7) is 0.623. The van der Waals surface area contributed by atoms with Gasteiger partial charge in [0.2, 0.25) is 5.13 Å². The fraction of sp³-hybridized carbons (Fsp3) is 0.333. The van der Waals surface area contributed by atoms with Gasteiger partial charge in [-0.15, -0.1) is 10.2 Å². The summed E-state index contributed by atoms with van der Waals surface area (Å²) in [5.41, 5.74) is 0. The van der Waals surface area contributed by atoms with Gasteiger partial charge in [0.05, 0.1) is 11.6 Å². The highest BCUT2D eigenvalue weighted by Crippen LogP contribution is 2.23. The molecule has 0 atom stereocenters. The second-order valence-corrected chi connectivity index (χ2v) is 5.10. The first kappa shape index (κ1) is 13.1. The Hall–Kier alpha value is -1.33. The van der Waals surface area contributed by atoms with Crippen molar-refractivity contribution in [2.75, 3.05) is 19.0 Å². The number of nitrogens with one attached hydrogen (secondary N) is 1. The quantitative estimate of drug-likeness (QED) is 0.827. The molecule has 0 fully saturated rings. The molecule has 96 valence electrons. The summed E-state index contributed by atoms with van der Waals surface area (Å²) >= 11 is 7.56. The predicted molar refractivity (Wildman–Crippen MR) is 74.7 cm³/mol. The number of rotatable bonds is 6. The van der Waals surface area contributed by atoms with Crippen LogP contribution < -0.4 is 10.1 Å². The second-order valence-electron chi connectivity index (χ2n) is 3.63. The van der Waals surface area contributed by atoms with E-state index < -0.39 is 0 Å². The minimum absolute atomic E-state index is 0.623. The van der Waals surface area contributed by atoms with E-state index in [0.717, 1.165) is 28.7 Å². The van der Waals surface area contributed by atoms with Gasteiger partial charge in [0.1, 0.15) is 10.8 Å². The van der Waals surface area contributed by atoms with Crippen molar-refractivity contribution in [3.63, 3.8) is 0 Å². The Bertz CT molecular complexity index is 504. The zero-order chi connectivity index (χ0) is 12.8. The van der Waals surface area contributed by atoms with Crippen LogP contribution in [0.4, 0.5) is 5.13 Å². The molecule has 0 aliphatic heterocycles. The van der Waals surface area contributed by atoms with Gasteiger partial charge in [0.15, 0.2) is 0 Å². The highest BCUT2D eigenvalue weighted by atomic mass is 35.5. The van der Waals surface area contributed by atoms with Crippen LogP contribution in [0.25, 0.3) is 0 Å². The van der Waals surface area contributed by atoms with E-state index in [9.17, 15) is 0 Å². The van der Waals surface area contributed by atoms with Gasteiger partial charge in [0.25, 0.3) is 0 Å². The van der Waals surface area contributed by atoms with Gasteiger partial charge < -0.3 is 10.1 Å². The molecule has 1 heterocycles. The van der Waals surface area contributed by atoms with E-state index in [1.807, 2.05) is 31.3 Å². The van der Waals surface area contributed by atoms with Crippen LogP contribution in [0.15, 0.2) is 24.3 Å². The van der Waals surface area contributed by atoms with Crippen molar-refractivity contribution in [1.29, 1.82) is 0 Å². The van der Waals surface area contributed by atoms with Gasteiger partial charge in [0, 0.05) is 13.5 Å². The fourth-order valence-electron chi connectivity index (χ4n) is 1.42. The summed E-state index contributed by atoms with van der Waals surface area (Å²) in [6, 6.07) is 7.48. The molecule has 0 aliphatic carbocycles. The van der Waals surface area contributed by atoms with E-state index in [-0.39, 0.29) is 0 Å². The zero-order valence-corrected chi connectivity index (χ0v) is 11.6. The molecule has 0 bridgehead atoms. The SMILES string of the molecule is CNc1nnc(CCCOc2ccccc2Cl)s1. The standard InChI is InChI=1S/C12H14ClN3OS/c1-14-12-16-15-11(18-12)7-4-8-17-10-6-3-2-5-9(10)13/h2-3,5-6H,4,7-8H2,1H3,(H,14,16). The molecule has 2 aromatic rings. The van der Waals surface area contributed by atoms with Gasteiger partial charge in [-0.05, 0) is 18.6 Å². The van der Waals surface area contributed by atoms with Gasteiger partial charge in [-0.2, -0.15) is 0 Å². The number of benzene rings is 1. The molecule has 0 saturated heterocycles. The highest BCUT2D eigenvalue weighted by molar-refractivity contribution is 7.15. The van der Waals surface area contributed by atoms with E-state index in [4.69, 9.17) is 16.3 Å². The molecular weight excluding hydrogens is 270 g/mol. The van der Waals surface area contributed by atoms with E-state index in [1.165, 1.54) is 0 Å². The summed E-state index contributed by atoms with van der Waals surface area (Å²) in [6.07, 6.45) is 1.76. The van der Waals surface area contributed by atoms with Crippen molar-refractivity contribution in [1.82, 2.24) is 10.2 Å². The fourth-order valence-corrected chi connectivity index (χ4v) is 2.35. The number of nitrogens with zero attached hydrogens (tertiary/aromatic N) is 2. The molecule has 1 N–H and O–H groups in total. The normalized spacial score (nSPS) is 10.3. The number of aromatic nitrogens is 2. The van der Waals surface area contributed by atoms with Crippen molar-refractivity contribution in [3.05, 3.63) is 34.3 Å². The maximum absolute atomic E-state index is 5.99. The van der Waals surface area contributed by atoms with E-state index in [2.05, 4.69) is 15.5 Å². The number of hydrogen-bond acceptors (Lipinski definition) is 5. The number of para-hydroxylation sites is 1. The summed E-state index contributed by atoms with van der Waals surface area (Å²) in [5, 5.41) is 13.5. The summed E-state index contributed by atoms with van der Waals surface area (Å²) in [7, 11) is 1.84. The number of hydrogen-bond donors (Lipinski definition) is 1. The van der Waals surface area contributed by atoms with E-state index >= 15 is 0 Å². The number of halogens is 1. The predicted octanol–water partition coefficient (Wildman–Crippen LogP) is 3.24. The second kappa shape index (κ2) is 6.56. The summed E-state index contributed by atoms with van der Waals surface area (Å²) < 4.78 is 5.60. The van der Waals surface area contributed by atoms with Crippen LogP contribution in [0, 0.1) is 0 Å². The van der Waals surface area contributed by atoms with Crippen LogP contribution in [-0.4, -0.2) is 23.9 Å². The monoisotopic (exact) mass is 283 g/mol. The Morgan fingerprint density at radius 3 is 2.89 bits per heavy atom. The lowest BCUT2D eigenvalue weighted by atomic mass is 10.3. The molecule has 0 spiro atoms. The number of aryl methyl sites for hydroxylation is 1. The highest BCUT2D eigenvalue weighted by Gasteiger charge is 2.03. The van der Waals surface area contributed by atoms with Crippen LogP contribution in [0.3, 0.4) is 0 Å². The van der Waals surface area contributed by atoms with Crippen molar-refractivity contribution in [3.8, 4) is 5.75 Å². The smallest absolute Gasteiger partial charge is 0.205 e. The molecule has 0 aliphatic rings. The van der Waals surface area contributed by atoms with Crippen molar-refractivity contribution < 1.29 is 4.74 Å². The third-order valence-electron chi connectivity index (χ3n) is 2.31. The third-order valence-corrected chi connectivity index (χ3v) is 3.62. The summed E-state index contributed by atoms with van der Waals surface area (Å²) in [5.74, 6) is 0.729. The first-order valence-electron chi connectivity index (χ1n) is 5.67. The van der Waals surface area contributed by atoms with Crippen LogP contribution >= 0.6 is 22.9 Å². The van der Waals surface area contributed by atoms with Gasteiger partial charge in [-0.1, -0.05) is 35.1 Å². The van der Waals surface area contributed by atoms with Crippen molar-refractivity contribution in [2.45, 2.75) is 12.8 Å². The van der Waals surface area contributed by atoms with Crippen LogP contribution in [0.2, 0.25) is 5.02 Å². The molecule has 1 aromatic heterocycles. The molecule has 0 saturated carbocycles. The molecule has 0 amide bonds. The first-order valence-corrected chi connectivity index (χ1v) is 6.86. The minimum atomic E-state index is 0.623. The average Bonchev–Trinajstić information content (AvgIpc) is 2.84. The largest absolute Gasteiger partial charge is 0.492 e. The Balaban J connectivity index is 1.74. The topological polar surface area (TPSA) is 47.0 Å². The lowest BCUT2D eigenvalue weighted by Crippen LogP contribution is -1.99. The van der Waals surface area contributed by atoms with Crippen LogP contribution in [0.1, 0.15) is 11.4 Å². The molecule has 1 aromatic carbocycles. The number of anilines is 1. The minimum Gasteiger partial charge on any atom is -0.492 e. The lowest BCUT2D eigenvalue weighted by Gasteiger charge is -2.06. The van der Waals surface area contributed by atoms with Gasteiger partial charge >= 0.3 is 0 Å². The molecular formula is C12H14ClN3OS. The molecule has 0 radical (unpaired) electrons. The lowest BCUT2D eigenvalue weighted by molar-refractivity contribution is 0.311. The van der Waals surface area contributed by atoms with Crippen LogP contribution in [-0.2, 0) is 6.42 Å². The van der Waals surface area contributed by atoms with Gasteiger partial charge in [-0.25, -0.2) is 0 Å². The Morgan fingerprint density at radius 1 is 1.33 bits per heavy atom. The Kier molecular flexibility index (Phi) is 4.78. The third kappa shape index (κ3) is 3.58. The maximum Gasteiger partial charge on any atom is 0.205 e. The summed E-state index contributed by atoms with van der Waals surface area (Å²) in [4.78, 5) is 0. The van der Waals surface area contributed by atoms with Gasteiger partial charge in [-0.3, -0.25) is 0 Å². The van der Waals surface area contributed by atoms with Crippen molar-refractivity contribution in [2.24, 2.45) is 0 Å². The molecule has 18 heavy (non-hydrogen) atoms. The van der Waals surface area contributed by atoms with E-state index in [1.54, 1.807) is 11.3 Å². The first-order chi connectivity index (χ1) is 8.79. The zero-order valence-electron chi connectivity index (χ0n) is 10.0.